The Kier molecular flexibility index (Phi) is 7.73. The summed E-state index contributed by atoms with van der Waals surface area (Å²) in [6.45, 7) is 5.67. The largest absolute Gasteiger partial charge is 0.481 e. The lowest BCUT2D eigenvalue weighted by Crippen LogP contribution is -2.42. The Morgan fingerprint density at radius 3 is 2.72 bits per heavy atom. The number of aryl methyl sites for hydroxylation is 1. The summed E-state index contributed by atoms with van der Waals surface area (Å²) in [5.74, 6) is -0.266. The van der Waals surface area contributed by atoms with Crippen LogP contribution in [-0.2, 0) is 4.79 Å². The number of anilines is 1. The predicted molar refractivity (Wildman–Crippen MR) is 98.9 cm³/mol. The molecule has 1 fully saturated rings. The van der Waals surface area contributed by atoms with Crippen LogP contribution >= 0.6 is 0 Å². The van der Waals surface area contributed by atoms with Crippen molar-refractivity contribution in [2.75, 3.05) is 31.5 Å². The Morgan fingerprint density at radius 1 is 1.24 bits per heavy atom. The lowest BCUT2D eigenvalue weighted by atomic mass is 9.98. The summed E-state index contributed by atoms with van der Waals surface area (Å²) in [5, 5.41) is 14.5. The number of carbonyl (C=O) groups excluding carboxylic acids is 1. The average Bonchev–Trinajstić information content (AvgIpc) is 2.59. The summed E-state index contributed by atoms with van der Waals surface area (Å²) < 4.78 is 0. The van der Waals surface area contributed by atoms with Gasteiger partial charge in [0.2, 0.25) is 0 Å². The topological polar surface area (TPSA) is 81.7 Å². The molecule has 25 heavy (non-hydrogen) atoms. The average molecular weight is 347 g/mol. The first-order chi connectivity index (χ1) is 12.0. The molecule has 1 aromatic carbocycles. The monoisotopic (exact) mass is 347 g/mol. The summed E-state index contributed by atoms with van der Waals surface area (Å²) in [7, 11) is 0. The maximum atomic E-state index is 12.0. The molecule has 0 aromatic heterocycles. The number of carboxylic acid groups (broad SMARTS) is 1. The van der Waals surface area contributed by atoms with E-state index in [-0.39, 0.29) is 12.5 Å². The smallest absolute Gasteiger partial charge is 0.319 e. The fourth-order valence-corrected chi connectivity index (χ4v) is 3.18. The molecule has 0 spiro atoms. The van der Waals surface area contributed by atoms with E-state index in [1.54, 1.807) is 0 Å². The van der Waals surface area contributed by atoms with Gasteiger partial charge in [0.25, 0.3) is 0 Å². The van der Waals surface area contributed by atoms with Crippen molar-refractivity contribution >= 4 is 17.7 Å². The summed E-state index contributed by atoms with van der Waals surface area (Å²) >= 11 is 0. The Bertz CT molecular complexity index is 560. The number of rotatable bonds is 8. The van der Waals surface area contributed by atoms with Crippen molar-refractivity contribution in [3.8, 4) is 0 Å². The number of carbonyl (C=O) groups is 2. The number of benzene rings is 1. The number of nitrogens with one attached hydrogen (secondary N) is 2. The maximum Gasteiger partial charge on any atom is 0.319 e. The molecule has 0 radical (unpaired) electrons. The number of nitrogens with zero attached hydrogens (tertiary/aromatic N) is 1. The molecule has 1 atom stereocenters. The third-order valence-electron chi connectivity index (χ3n) is 4.58. The van der Waals surface area contributed by atoms with Crippen LogP contribution in [0, 0.1) is 12.8 Å². The predicted octanol–water partition coefficient (Wildman–Crippen LogP) is 3.08. The van der Waals surface area contributed by atoms with Gasteiger partial charge < -0.3 is 20.6 Å². The first kappa shape index (κ1) is 19.2. The van der Waals surface area contributed by atoms with Crippen LogP contribution in [0.1, 0.15) is 37.7 Å². The summed E-state index contributed by atoms with van der Waals surface area (Å²) in [5.41, 5.74) is 1.96. The molecule has 1 aromatic rings. The first-order valence-electron chi connectivity index (χ1n) is 9.08. The van der Waals surface area contributed by atoms with Crippen LogP contribution in [0.5, 0.6) is 0 Å². The standard InChI is InChI=1S/C19H29N3O3/c1-15-7-9-17(10-8-15)21-19(25)20-13-16-5-4-12-22(14-16)11-3-2-6-18(23)24/h7-10,16H,2-6,11-14H2,1H3,(H,23,24)(H2,20,21,25). The summed E-state index contributed by atoms with van der Waals surface area (Å²) in [6, 6.07) is 7.57. The third-order valence-corrected chi connectivity index (χ3v) is 4.58. The summed E-state index contributed by atoms with van der Waals surface area (Å²) in [6.07, 6.45) is 4.15. The van der Waals surface area contributed by atoms with E-state index < -0.39 is 5.97 Å². The fraction of sp³-hybridized carbons (Fsp3) is 0.579. The van der Waals surface area contributed by atoms with Crippen LogP contribution in [0.2, 0.25) is 0 Å². The summed E-state index contributed by atoms with van der Waals surface area (Å²) in [4.78, 5) is 24.9. The Balaban J connectivity index is 1.65. The number of hydrogen-bond donors (Lipinski definition) is 3. The number of hydrogen-bond acceptors (Lipinski definition) is 3. The minimum Gasteiger partial charge on any atom is -0.481 e. The Hall–Kier alpha value is -2.08. The van der Waals surface area contributed by atoms with Crippen molar-refractivity contribution in [2.45, 2.75) is 39.0 Å². The second-order valence-electron chi connectivity index (χ2n) is 6.86. The first-order valence-corrected chi connectivity index (χ1v) is 9.08. The van der Waals surface area contributed by atoms with Crippen molar-refractivity contribution in [2.24, 2.45) is 5.92 Å². The molecule has 0 bridgehead atoms. The molecule has 138 valence electrons. The van der Waals surface area contributed by atoms with Gasteiger partial charge in [0, 0.05) is 25.2 Å². The molecule has 1 unspecified atom stereocenters. The second kappa shape index (κ2) is 10.0. The highest BCUT2D eigenvalue weighted by atomic mass is 16.4. The molecule has 0 saturated carbocycles. The fourth-order valence-electron chi connectivity index (χ4n) is 3.18. The van der Waals surface area contributed by atoms with Crippen LogP contribution in [0.4, 0.5) is 10.5 Å². The van der Waals surface area contributed by atoms with E-state index in [9.17, 15) is 9.59 Å². The highest BCUT2D eigenvalue weighted by Crippen LogP contribution is 2.16. The van der Waals surface area contributed by atoms with Gasteiger partial charge in [-0.3, -0.25) is 4.79 Å². The van der Waals surface area contributed by atoms with E-state index in [0.29, 0.717) is 12.5 Å². The zero-order chi connectivity index (χ0) is 18.1. The van der Waals surface area contributed by atoms with Crippen LogP contribution in [-0.4, -0.2) is 48.2 Å². The molecule has 3 N–H and O–H groups in total. The number of aliphatic carboxylic acids is 1. The number of carboxylic acids is 1. The highest BCUT2D eigenvalue weighted by molar-refractivity contribution is 5.89. The number of urea groups is 1. The number of amides is 2. The van der Waals surface area contributed by atoms with E-state index in [1.165, 1.54) is 0 Å². The van der Waals surface area contributed by atoms with Crippen molar-refractivity contribution in [3.05, 3.63) is 29.8 Å². The number of likely N-dealkylation sites (tertiary alicyclic amines) is 1. The molecule has 1 saturated heterocycles. The molecule has 6 heteroatoms. The molecule has 1 heterocycles. The second-order valence-corrected chi connectivity index (χ2v) is 6.86. The third kappa shape index (κ3) is 7.56. The Labute approximate surface area is 149 Å². The zero-order valence-corrected chi connectivity index (χ0v) is 15.0. The molecule has 2 rings (SSSR count). The van der Waals surface area contributed by atoms with E-state index in [2.05, 4.69) is 15.5 Å². The zero-order valence-electron chi connectivity index (χ0n) is 15.0. The van der Waals surface area contributed by atoms with E-state index in [1.807, 2.05) is 31.2 Å². The van der Waals surface area contributed by atoms with Gasteiger partial charge in [-0.25, -0.2) is 4.79 Å². The van der Waals surface area contributed by atoms with Crippen molar-refractivity contribution in [1.82, 2.24) is 10.2 Å². The quantitative estimate of drug-likeness (QED) is 0.631. The normalized spacial score (nSPS) is 17.9. The molecule has 2 amide bonds. The van der Waals surface area contributed by atoms with Gasteiger partial charge >= 0.3 is 12.0 Å². The minimum absolute atomic E-state index is 0.164. The molecular formula is C19H29N3O3. The van der Waals surface area contributed by atoms with Gasteiger partial charge in [-0.2, -0.15) is 0 Å². The lowest BCUT2D eigenvalue weighted by molar-refractivity contribution is -0.137. The van der Waals surface area contributed by atoms with Crippen molar-refractivity contribution in [1.29, 1.82) is 0 Å². The van der Waals surface area contributed by atoms with Gasteiger partial charge in [0.1, 0.15) is 0 Å². The SMILES string of the molecule is Cc1ccc(NC(=O)NCC2CCCN(CCCCC(=O)O)C2)cc1. The number of piperidine rings is 1. The minimum atomic E-state index is -0.722. The van der Waals surface area contributed by atoms with Gasteiger partial charge in [-0.05, 0) is 63.7 Å². The van der Waals surface area contributed by atoms with Crippen LogP contribution in [0.3, 0.4) is 0 Å². The van der Waals surface area contributed by atoms with Crippen molar-refractivity contribution in [3.63, 3.8) is 0 Å². The molecular weight excluding hydrogens is 318 g/mol. The molecule has 1 aliphatic heterocycles. The van der Waals surface area contributed by atoms with Crippen LogP contribution < -0.4 is 10.6 Å². The van der Waals surface area contributed by atoms with Crippen molar-refractivity contribution < 1.29 is 14.7 Å². The van der Waals surface area contributed by atoms with E-state index in [4.69, 9.17) is 5.11 Å². The van der Waals surface area contributed by atoms with Gasteiger partial charge in [0.15, 0.2) is 0 Å². The van der Waals surface area contributed by atoms with Gasteiger partial charge in [-0.15, -0.1) is 0 Å². The maximum absolute atomic E-state index is 12.0. The number of unbranched alkanes of at least 4 members (excludes halogenated alkanes) is 1. The highest BCUT2D eigenvalue weighted by Gasteiger charge is 2.20. The van der Waals surface area contributed by atoms with Crippen LogP contribution in [0.25, 0.3) is 0 Å². The molecule has 6 nitrogen and oxygen atoms in total. The Morgan fingerprint density at radius 2 is 2.00 bits per heavy atom. The lowest BCUT2D eigenvalue weighted by Gasteiger charge is -2.32. The molecule has 0 aliphatic carbocycles. The van der Waals surface area contributed by atoms with Gasteiger partial charge in [-0.1, -0.05) is 17.7 Å². The molecule has 1 aliphatic rings. The van der Waals surface area contributed by atoms with Crippen LogP contribution in [0.15, 0.2) is 24.3 Å². The van der Waals surface area contributed by atoms with Gasteiger partial charge in [0.05, 0.1) is 0 Å². The van der Waals surface area contributed by atoms with E-state index >= 15 is 0 Å². The van der Waals surface area contributed by atoms with E-state index in [0.717, 1.165) is 56.6 Å².